The average molecular weight is 581 g/mol. The Morgan fingerprint density at radius 3 is 2.26 bits per heavy atom. The number of aliphatic hydroxyl groups excluding tert-OH is 3. The molecule has 0 saturated carbocycles. The van der Waals surface area contributed by atoms with Crippen LogP contribution in [0, 0.1) is 0 Å². The van der Waals surface area contributed by atoms with E-state index in [0.29, 0.717) is 11.1 Å². The SMILES string of the molecule is O=C(/C=C/c1ccc(O)cc1)OC[C@H]1O[C@@H](Oc2cc(O)c3c(c2)O[C@@H](c2ccc(O)cc2)CC3=O)[C@@H](O)[C@@H](O)[C@@H]1O. The highest BCUT2D eigenvalue weighted by Gasteiger charge is 2.45. The molecule has 5 rings (SSSR count). The van der Waals surface area contributed by atoms with Gasteiger partial charge in [0.15, 0.2) is 5.78 Å². The Labute approximate surface area is 239 Å². The molecular formula is C30H28O12. The lowest BCUT2D eigenvalue weighted by molar-refractivity contribution is -0.278. The molecule has 2 aliphatic heterocycles. The Morgan fingerprint density at radius 2 is 1.57 bits per heavy atom. The van der Waals surface area contributed by atoms with Crippen LogP contribution in [0.2, 0.25) is 0 Å². The lowest BCUT2D eigenvalue weighted by atomic mass is 9.95. The third-order valence-electron chi connectivity index (χ3n) is 6.85. The minimum absolute atomic E-state index is 0.0103. The minimum atomic E-state index is -1.73. The van der Waals surface area contributed by atoms with Gasteiger partial charge in [0.1, 0.15) is 71.4 Å². The van der Waals surface area contributed by atoms with Crippen molar-refractivity contribution in [1.29, 1.82) is 0 Å². The standard InChI is InChI=1S/C30H28O12/c31-17-6-1-15(2-7-17)3-10-25(35)39-14-24-27(36)28(37)29(38)30(42-24)40-19-11-20(33)26-21(34)13-22(41-23(26)12-19)16-4-8-18(32)9-5-16/h1-12,22,24,27-33,36-38H,13-14H2/b10-3+/t22-,24-,27-,28+,29+,30-/m1/s1. The maximum atomic E-state index is 12.8. The number of hydrogen-bond donors (Lipinski definition) is 6. The third kappa shape index (κ3) is 6.31. The van der Waals surface area contributed by atoms with Crippen molar-refractivity contribution in [3.63, 3.8) is 0 Å². The number of phenols is 3. The van der Waals surface area contributed by atoms with Crippen LogP contribution in [0.3, 0.4) is 0 Å². The van der Waals surface area contributed by atoms with Crippen molar-refractivity contribution in [2.45, 2.75) is 43.2 Å². The van der Waals surface area contributed by atoms with Crippen molar-refractivity contribution in [3.05, 3.63) is 83.4 Å². The van der Waals surface area contributed by atoms with E-state index in [2.05, 4.69) is 0 Å². The van der Waals surface area contributed by atoms with E-state index in [1.165, 1.54) is 36.4 Å². The quantitative estimate of drug-likeness (QED) is 0.176. The van der Waals surface area contributed by atoms with Gasteiger partial charge in [0.2, 0.25) is 6.29 Å². The second-order valence-electron chi connectivity index (χ2n) is 9.83. The number of carbonyl (C=O) groups is 2. The van der Waals surface area contributed by atoms with Gasteiger partial charge in [-0.15, -0.1) is 0 Å². The number of phenolic OH excluding ortho intramolecular Hbond substituents is 3. The molecule has 3 aromatic carbocycles. The summed E-state index contributed by atoms with van der Waals surface area (Å²) in [5.41, 5.74) is 1.19. The monoisotopic (exact) mass is 580 g/mol. The van der Waals surface area contributed by atoms with Gasteiger partial charge in [-0.2, -0.15) is 0 Å². The number of Topliss-reactive ketones (excluding diaryl/α,β-unsaturated/α-hetero) is 1. The summed E-state index contributed by atoms with van der Waals surface area (Å²) in [6.45, 7) is -0.495. The highest BCUT2D eigenvalue weighted by molar-refractivity contribution is 6.02. The molecule has 220 valence electrons. The van der Waals surface area contributed by atoms with Gasteiger partial charge in [-0.3, -0.25) is 4.79 Å². The van der Waals surface area contributed by atoms with Gasteiger partial charge in [0, 0.05) is 18.2 Å². The molecule has 6 N–H and O–H groups in total. The third-order valence-corrected chi connectivity index (χ3v) is 6.85. The molecule has 6 atom stereocenters. The zero-order valence-electron chi connectivity index (χ0n) is 21.9. The van der Waals surface area contributed by atoms with E-state index in [-0.39, 0.29) is 40.8 Å². The molecule has 1 fully saturated rings. The summed E-state index contributed by atoms with van der Waals surface area (Å²) in [4.78, 5) is 25.0. The molecule has 0 amide bonds. The van der Waals surface area contributed by atoms with Crippen LogP contribution in [0.5, 0.6) is 28.7 Å². The highest BCUT2D eigenvalue weighted by Crippen LogP contribution is 2.42. The average Bonchev–Trinajstić information content (AvgIpc) is 2.96. The number of hydrogen-bond acceptors (Lipinski definition) is 12. The molecule has 0 radical (unpaired) electrons. The first-order valence-electron chi connectivity index (χ1n) is 12.9. The Bertz CT molecular complexity index is 1470. The molecule has 0 spiro atoms. The van der Waals surface area contributed by atoms with Gasteiger partial charge in [-0.1, -0.05) is 24.3 Å². The summed E-state index contributed by atoms with van der Waals surface area (Å²) < 4.78 is 22.3. The first-order chi connectivity index (χ1) is 20.1. The lowest BCUT2D eigenvalue weighted by Crippen LogP contribution is -2.60. The molecule has 0 bridgehead atoms. The first-order valence-corrected chi connectivity index (χ1v) is 12.9. The summed E-state index contributed by atoms with van der Waals surface area (Å²) in [6.07, 6.45) is -6.12. The minimum Gasteiger partial charge on any atom is -0.508 e. The summed E-state index contributed by atoms with van der Waals surface area (Å²) in [6, 6.07) is 14.6. The summed E-state index contributed by atoms with van der Waals surface area (Å²) in [7, 11) is 0. The van der Waals surface area contributed by atoms with Gasteiger partial charge in [0.25, 0.3) is 0 Å². The van der Waals surface area contributed by atoms with Crippen molar-refractivity contribution in [2.24, 2.45) is 0 Å². The van der Waals surface area contributed by atoms with E-state index in [1.807, 2.05) is 0 Å². The van der Waals surface area contributed by atoms with E-state index in [9.17, 15) is 40.2 Å². The van der Waals surface area contributed by atoms with Crippen molar-refractivity contribution >= 4 is 17.8 Å². The fraction of sp³-hybridized carbons (Fsp3) is 0.267. The summed E-state index contributed by atoms with van der Waals surface area (Å²) >= 11 is 0. The molecule has 12 heteroatoms. The smallest absolute Gasteiger partial charge is 0.330 e. The lowest BCUT2D eigenvalue weighted by Gasteiger charge is -2.40. The van der Waals surface area contributed by atoms with Crippen LogP contribution in [0.4, 0.5) is 0 Å². The second kappa shape index (κ2) is 12.1. The van der Waals surface area contributed by atoms with Gasteiger partial charge in [-0.05, 0) is 41.5 Å². The van der Waals surface area contributed by atoms with Crippen LogP contribution in [0.1, 0.15) is 34.0 Å². The van der Waals surface area contributed by atoms with Crippen LogP contribution in [-0.4, -0.2) is 79.7 Å². The number of carbonyl (C=O) groups excluding carboxylic acids is 2. The van der Waals surface area contributed by atoms with E-state index in [0.717, 1.165) is 12.1 Å². The van der Waals surface area contributed by atoms with Crippen LogP contribution in [0.15, 0.2) is 66.7 Å². The Kier molecular flexibility index (Phi) is 8.31. The fourth-order valence-corrected chi connectivity index (χ4v) is 4.61. The van der Waals surface area contributed by atoms with Crippen molar-refractivity contribution in [1.82, 2.24) is 0 Å². The predicted octanol–water partition coefficient (Wildman–Crippen LogP) is 1.95. The van der Waals surface area contributed by atoms with Crippen LogP contribution < -0.4 is 9.47 Å². The Hall–Kier alpha value is -4.62. The fourth-order valence-electron chi connectivity index (χ4n) is 4.61. The molecule has 2 aliphatic rings. The highest BCUT2D eigenvalue weighted by atomic mass is 16.7. The molecule has 2 heterocycles. The zero-order chi connectivity index (χ0) is 30.0. The van der Waals surface area contributed by atoms with Crippen LogP contribution >= 0.6 is 0 Å². The molecule has 3 aromatic rings. The number of ketones is 1. The van der Waals surface area contributed by atoms with E-state index in [4.69, 9.17) is 18.9 Å². The molecular weight excluding hydrogens is 552 g/mol. The number of fused-ring (bicyclic) bond motifs is 1. The number of rotatable bonds is 7. The van der Waals surface area contributed by atoms with Crippen molar-refractivity contribution in [2.75, 3.05) is 6.61 Å². The van der Waals surface area contributed by atoms with Crippen LogP contribution in [-0.2, 0) is 14.3 Å². The normalized spacial score (nSPS) is 25.5. The molecule has 1 saturated heterocycles. The van der Waals surface area contributed by atoms with Crippen LogP contribution in [0.25, 0.3) is 6.08 Å². The number of esters is 1. The van der Waals surface area contributed by atoms with Gasteiger partial charge >= 0.3 is 5.97 Å². The maximum absolute atomic E-state index is 12.8. The zero-order valence-corrected chi connectivity index (χ0v) is 21.9. The molecule has 0 aliphatic carbocycles. The van der Waals surface area contributed by atoms with Gasteiger partial charge in [-0.25, -0.2) is 4.79 Å². The Morgan fingerprint density at radius 1 is 0.905 bits per heavy atom. The number of aromatic hydroxyl groups is 3. The molecule has 42 heavy (non-hydrogen) atoms. The first kappa shape index (κ1) is 28.9. The van der Waals surface area contributed by atoms with Crippen molar-refractivity contribution < 1.29 is 59.2 Å². The van der Waals surface area contributed by atoms with Gasteiger partial charge < -0.3 is 49.6 Å². The largest absolute Gasteiger partial charge is 0.508 e. The predicted molar refractivity (Wildman–Crippen MR) is 144 cm³/mol. The van der Waals surface area contributed by atoms with Crippen molar-refractivity contribution in [3.8, 4) is 28.7 Å². The Balaban J connectivity index is 1.26. The van der Waals surface area contributed by atoms with Gasteiger partial charge in [0.05, 0.1) is 6.42 Å². The molecule has 12 nitrogen and oxygen atoms in total. The second-order valence-corrected chi connectivity index (χ2v) is 9.83. The number of benzene rings is 3. The topological polar surface area (TPSA) is 192 Å². The van der Waals surface area contributed by atoms with E-state index >= 15 is 0 Å². The maximum Gasteiger partial charge on any atom is 0.330 e. The van der Waals surface area contributed by atoms with E-state index in [1.54, 1.807) is 24.3 Å². The number of aliphatic hydroxyl groups is 3. The summed E-state index contributed by atoms with van der Waals surface area (Å²) in [5, 5.41) is 60.7. The van der Waals surface area contributed by atoms with E-state index < -0.39 is 55.1 Å². The number of ether oxygens (including phenoxy) is 4. The molecule has 0 unspecified atom stereocenters. The molecule has 0 aromatic heterocycles. The summed E-state index contributed by atoms with van der Waals surface area (Å²) in [5.74, 6) is -1.55.